The zero-order chi connectivity index (χ0) is 26.9. The lowest BCUT2D eigenvalue weighted by Gasteiger charge is -2.36. The number of piperidine rings is 1. The number of sulfonamides is 1. The summed E-state index contributed by atoms with van der Waals surface area (Å²) in [6, 6.07) is 7.52. The van der Waals surface area contributed by atoms with Crippen molar-refractivity contribution in [3.8, 4) is 11.1 Å². The third-order valence-corrected chi connectivity index (χ3v) is 10.2. The van der Waals surface area contributed by atoms with E-state index in [4.69, 9.17) is 4.98 Å². The monoisotopic (exact) mass is 539 g/mol. The highest BCUT2D eigenvalue weighted by Gasteiger charge is 2.33. The first-order chi connectivity index (χ1) is 18.2. The predicted octanol–water partition coefficient (Wildman–Crippen LogP) is 5.60. The van der Waals surface area contributed by atoms with E-state index >= 15 is 0 Å². The molecule has 0 unspecified atom stereocenters. The van der Waals surface area contributed by atoms with Crippen molar-refractivity contribution in [2.45, 2.75) is 89.2 Å². The maximum absolute atomic E-state index is 13.3. The molecule has 38 heavy (non-hydrogen) atoms. The van der Waals surface area contributed by atoms with Gasteiger partial charge in [0.2, 0.25) is 16.0 Å². The first-order valence-corrected chi connectivity index (χ1v) is 15.5. The lowest BCUT2D eigenvalue weighted by atomic mass is 9.83. The smallest absolute Gasteiger partial charge is 0.243 e. The molecule has 1 aliphatic heterocycles. The number of rotatable bonds is 8. The van der Waals surface area contributed by atoms with Crippen molar-refractivity contribution in [2.75, 3.05) is 25.0 Å². The lowest BCUT2D eigenvalue weighted by Crippen LogP contribution is -2.41. The summed E-state index contributed by atoms with van der Waals surface area (Å²) in [4.78, 5) is 9.82. The van der Waals surface area contributed by atoms with E-state index in [-0.39, 0.29) is 17.6 Å². The third kappa shape index (κ3) is 5.60. The Morgan fingerprint density at radius 2 is 1.76 bits per heavy atom. The molecular weight excluding hydrogens is 498 g/mol. The number of benzene rings is 1. The highest BCUT2D eigenvalue weighted by molar-refractivity contribution is 7.89. The van der Waals surface area contributed by atoms with Crippen molar-refractivity contribution in [1.29, 1.82) is 0 Å². The quantitative estimate of drug-likeness (QED) is 0.362. The van der Waals surface area contributed by atoms with Crippen molar-refractivity contribution in [3.05, 3.63) is 36.7 Å². The van der Waals surface area contributed by atoms with Gasteiger partial charge in [-0.1, -0.05) is 39.3 Å². The number of hydrogen-bond acceptors (Lipinski definition) is 6. The van der Waals surface area contributed by atoms with Crippen molar-refractivity contribution in [2.24, 2.45) is 5.41 Å². The number of nitrogens with zero attached hydrogens (tertiary/aromatic N) is 4. The summed E-state index contributed by atoms with van der Waals surface area (Å²) in [6.07, 6.45) is 11.0. The van der Waals surface area contributed by atoms with Crippen LogP contribution in [-0.2, 0) is 10.0 Å². The fourth-order valence-electron chi connectivity index (χ4n) is 5.62. The molecule has 3 heterocycles. The molecule has 2 aliphatic rings. The highest BCUT2D eigenvalue weighted by Crippen LogP contribution is 2.37. The van der Waals surface area contributed by atoms with Crippen LogP contribution in [-0.4, -0.2) is 58.1 Å². The molecule has 0 bridgehead atoms. The van der Waals surface area contributed by atoms with Crippen LogP contribution < -0.4 is 5.32 Å². The molecule has 5 rings (SSSR count). The molecular formula is C29H41N5O3S. The van der Waals surface area contributed by atoms with Gasteiger partial charge in [0.05, 0.1) is 11.0 Å². The average Bonchev–Trinajstić information content (AvgIpc) is 3.28. The molecule has 8 nitrogen and oxygen atoms in total. The fraction of sp³-hybridized carbons (Fsp3) is 0.586. The largest absolute Gasteiger partial charge is 0.393 e. The zero-order valence-corrected chi connectivity index (χ0v) is 23.7. The Balaban J connectivity index is 1.46. The van der Waals surface area contributed by atoms with Crippen LogP contribution in [0.5, 0.6) is 0 Å². The van der Waals surface area contributed by atoms with Crippen LogP contribution in [0.25, 0.3) is 22.2 Å². The van der Waals surface area contributed by atoms with Crippen molar-refractivity contribution >= 4 is 27.0 Å². The minimum Gasteiger partial charge on any atom is -0.393 e. The van der Waals surface area contributed by atoms with E-state index in [0.717, 1.165) is 80.1 Å². The van der Waals surface area contributed by atoms with Crippen molar-refractivity contribution < 1.29 is 13.5 Å². The molecule has 0 spiro atoms. The van der Waals surface area contributed by atoms with E-state index < -0.39 is 10.0 Å². The van der Waals surface area contributed by atoms with Gasteiger partial charge in [0.15, 0.2) is 0 Å². The molecule has 1 aromatic carbocycles. The molecule has 0 radical (unpaired) electrons. The summed E-state index contributed by atoms with van der Waals surface area (Å²) in [6.45, 7) is 8.51. The Labute approximate surface area is 226 Å². The summed E-state index contributed by atoms with van der Waals surface area (Å²) in [7, 11) is -3.52. The topological polar surface area (TPSA) is 100 Å². The summed E-state index contributed by atoms with van der Waals surface area (Å²) >= 11 is 0. The first kappa shape index (κ1) is 27.1. The fourth-order valence-corrected chi connectivity index (χ4v) is 7.07. The minimum atomic E-state index is -3.52. The van der Waals surface area contributed by atoms with Crippen LogP contribution in [0.15, 0.2) is 41.6 Å². The SMILES string of the molecule is CCCCNc1ncc2c(-c3ccc(S(=O)(=O)N4CCC(C)(C)CC4)cc3)cn(C3CCC(O)CC3)c2n1. The van der Waals surface area contributed by atoms with Gasteiger partial charge in [0.25, 0.3) is 0 Å². The van der Waals surface area contributed by atoms with Gasteiger partial charge < -0.3 is 15.0 Å². The molecule has 0 amide bonds. The molecule has 1 aliphatic carbocycles. The number of unbranched alkanes of at least 4 members (excludes halogenated alkanes) is 1. The maximum Gasteiger partial charge on any atom is 0.243 e. The highest BCUT2D eigenvalue weighted by atomic mass is 32.2. The van der Waals surface area contributed by atoms with Gasteiger partial charge in [-0.2, -0.15) is 9.29 Å². The molecule has 3 aromatic rings. The summed E-state index contributed by atoms with van der Waals surface area (Å²) < 4.78 is 30.5. The summed E-state index contributed by atoms with van der Waals surface area (Å²) in [5.74, 6) is 0.624. The first-order valence-electron chi connectivity index (χ1n) is 14.1. The molecule has 9 heteroatoms. The van der Waals surface area contributed by atoms with Gasteiger partial charge in [-0.05, 0) is 68.1 Å². The Morgan fingerprint density at radius 1 is 1.08 bits per heavy atom. The zero-order valence-electron chi connectivity index (χ0n) is 22.9. The number of hydrogen-bond donors (Lipinski definition) is 2. The van der Waals surface area contributed by atoms with E-state index in [1.54, 1.807) is 16.4 Å². The van der Waals surface area contributed by atoms with E-state index in [1.807, 2.05) is 18.3 Å². The van der Waals surface area contributed by atoms with Gasteiger partial charge in [-0.15, -0.1) is 0 Å². The van der Waals surface area contributed by atoms with Crippen LogP contribution in [0.4, 0.5) is 5.95 Å². The van der Waals surface area contributed by atoms with Crippen molar-refractivity contribution in [1.82, 2.24) is 18.8 Å². The second-order valence-corrected chi connectivity index (χ2v) is 13.7. The van der Waals surface area contributed by atoms with Crippen molar-refractivity contribution in [3.63, 3.8) is 0 Å². The van der Waals surface area contributed by atoms with Gasteiger partial charge in [-0.25, -0.2) is 13.4 Å². The van der Waals surface area contributed by atoms with E-state index in [0.29, 0.717) is 23.9 Å². The van der Waals surface area contributed by atoms with Crippen LogP contribution in [0.2, 0.25) is 0 Å². The van der Waals surface area contributed by atoms with Gasteiger partial charge in [-0.3, -0.25) is 0 Å². The molecule has 1 saturated carbocycles. The number of anilines is 1. The number of fused-ring (bicyclic) bond motifs is 1. The summed E-state index contributed by atoms with van der Waals surface area (Å²) in [5, 5.41) is 14.3. The Bertz CT molecular complexity index is 1350. The Hall–Kier alpha value is -2.49. The second kappa shape index (κ2) is 10.9. The Kier molecular flexibility index (Phi) is 7.80. The van der Waals surface area contributed by atoms with E-state index in [2.05, 4.69) is 41.8 Å². The molecule has 206 valence electrons. The number of aromatic nitrogens is 3. The van der Waals surface area contributed by atoms with E-state index in [9.17, 15) is 13.5 Å². The number of aliphatic hydroxyl groups is 1. The molecule has 2 N–H and O–H groups in total. The standard InChI is InChI=1S/C29H41N5O3S/c1-4-5-16-30-28-31-19-25-26(20-34(27(25)32-28)22-8-10-23(35)11-9-22)21-6-12-24(13-7-21)38(36,37)33-17-14-29(2,3)15-18-33/h6-7,12-13,19-20,22-23,35H,4-5,8-11,14-18H2,1-3H3,(H,30,31,32). The molecule has 1 saturated heterocycles. The third-order valence-electron chi connectivity index (χ3n) is 8.32. The van der Waals surface area contributed by atoms with Gasteiger partial charge in [0.1, 0.15) is 5.65 Å². The number of aliphatic hydroxyl groups excluding tert-OH is 1. The van der Waals surface area contributed by atoms with Crippen LogP contribution in [0.1, 0.15) is 78.2 Å². The number of nitrogens with one attached hydrogen (secondary N) is 1. The average molecular weight is 540 g/mol. The predicted molar refractivity (Wildman–Crippen MR) is 152 cm³/mol. The van der Waals surface area contributed by atoms with E-state index in [1.165, 1.54) is 0 Å². The second-order valence-electron chi connectivity index (χ2n) is 11.7. The Morgan fingerprint density at radius 3 is 2.42 bits per heavy atom. The van der Waals surface area contributed by atoms with Gasteiger partial charge in [0, 0.05) is 49.0 Å². The maximum atomic E-state index is 13.3. The molecule has 2 aromatic heterocycles. The van der Waals surface area contributed by atoms with Gasteiger partial charge >= 0.3 is 0 Å². The van der Waals surface area contributed by atoms with Crippen LogP contribution in [0, 0.1) is 5.41 Å². The van der Waals surface area contributed by atoms with Crippen LogP contribution >= 0.6 is 0 Å². The normalized spacial score (nSPS) is 22.5. The summed E-state index contributed by atoms with van der Waals surface area (Å²) in [5.41, 5.74) is 3.00. The molecule has 0 atom stereocenters. The minimum absolute atomic E-state index is 0.188. The molecule has 2 fully saturated rings. The lowest BCUT2D eigenvalue weighted by molar-refractivity contribution is 0.111. The van der Waals surface area contributed by atoms with Crippen LogP contribution in [0.3, 0.4) is 0 Å².